The molecule has 0 N–H and O–H groups in total. The first-order valence-electron chi connectivity index (χ1n) is 21.4. The van der Waals surface area contributed by atoms with Gasteiger partial charge in [0.15, 0.2) is 0 Å². The molecule has 0 aliphatic carbocycles. The fourth-order valence-corrected chi connectivity index (χ4v) is 12.5. The van der Waals surface area contributed by atoms with Gasteiger partial charge in [0.05, 0.1) is 13.2 Å². The molecule has 0 radical (unpaired) electrons. The van der Waals surface area contributed by atoms with Crippen LogP contribution in [0.5, 0.6) is 11.5 Å². The van der Waals surface area contributed by atoms with Crippen LogP contribution in [0.3, 0.4) is 0 Å². The minimum atomic E-state index is 0.326. The molecule has 0 atom stereocenters. The van der Waals surface area contributed by atoms with Crippen LogP contribution in [0.2, 0.25) is 0 Å². The molecular formula is C48H58N4O4Se2. The Balaban J connectivity index is 0.898. The van der Waals surface area contributed by atoms with Gasteiger partial charge in [0.25, 0.3) is 0 Å². The number of benzene rings is 4. The van der Waals surface area contributed by atoms with Gasteiger partial charge in [0, 0.05) is 0 Å². The van der Waals surface area contributed by atoms with Crippen molar-refractivity contribution < 1.29 is 18.5 Å². The molecule has 0 fully saturated rings. The maximum atomic E-state index is 5.96. The topological polar surface area (TPSA) is 96.3 Å². The quantitative estimate of drug-likeness (QED) is 0.0372. The molecule has 8 nitrogen and oxygen atoms in total. The molecule has 6 aromatic rings. The summed E-state index contributed by atoms with van der Waals surface area (Å²) in [5, 5.41) is 8.49. The third kappa shape index (κ3) is 14.3. The van der Waals surface area contributed by atoms with Crippen LogP contribution in [-0.4, -0.2) is 59.8 Å². The van der Waals surface area contributed by atoms with Crippen molar-refractivity contribution in [1.82, 2.24) is 20.3 Å². The standard InChI is InChI=1S/C48H58N4O4Se2/c1-3-5-7-9-11-13-15-17-35-53-41-27-19-37(20-28-41)45-49-47(55-51-45)39-23-31-43(32-24-39)57-58-44-33-25-40(26-34-44)48-50-46(52-56-48)38-21-29-42(30-22-38)54-36-18-16-14-12-10-8-6-4-2/h19-34H,3-18,35-36H2,1-2H3. The molecule has 2 aromatic heterocycles. The Morgan fingerprint density at radius 2 is 0.724 bits per heavy atom. The molecule has 0 saturated heterocycles. The average molecular weight is 913 g/mol. The molecule has 0 saturated carbocycles. The number of nitrogens with zero attached hydrogens (tertiary/aromatic N) is 4. The van der Waals surface area contributed by atoms with Crippen LogP contribution in [0.25, 0.3) is 45.7 Å². The second-order valence-corrected chi connectivity index (χ2v) is 21.1. The van der Waals surface area contributed by atoms with Crippen molar-refractivity contribution in [2.24, 2.45) is 0 Å². The number of rotatable bonds is 27. The van der Waals surface area contributed by atoms with E-state index in [4.69, 9.17) is 18.5 Å². The van der Waals surface area contributed by atoms with Crippen molar-refractivity contribution in [2.45, 2.75) is 117 Å². The SMILES string of the molecule is CCCCCCCCCCOc1ccc(-c2noc(-c3ccc([Se][Se]c4ccc(-c5nc(-c6ccc(OCCCCCCCCCC)cc6)no5)cc4)cc3)n2)cc1. The first-order valence-corrected chi connectivity index (χ1v) is 27.4. The summed E-state index contributed by atoms with van der Waals surface area (Å²) in [5.74, 6) is 3.93. The van der Waals surface area contributed by atoms with Crippen LogP contribution in [0.4, 0.5) is 0 Å². The number of hydrogen-bond donors (Lipinski definition) is 0. The summed E-state index contributed by atoms with van der Waals surface area (Å²) in [6.45, 7) is 6.02. The summed E-state index contributed by atoms with van der Waals surface area (Å²) in [7, 11) is 0. The first-order chi connectivity index (χ1) is 28.7. The number of ether oxygens (including phenoxy) is 2. The van der Waals surface area contributed by atoms with E-state index in [1.165, 1.54) is 98.8 Å². The monoisotopic (exact) mass is 914 g/mol. The maximum absolute atomic E-state index is 5.96. The predicted molar refractivity (Wildman–Crippen MR) is 237 cm³/mol. The molecule has 0 spiro atoms. The van der Waals surface area contributed by atoms with E-state index < -0.39 is 0 Å². The van der Waals surface area contributed by atoms with E-state index in [1.807, 2.05) is 48.5 Å². The molecule has 2 heterocycles. The Hall–Kier alpha value is -4.20. The molecule has 58 heavy (non-hydrogen) atoms. The van der Waals surface area contributed by atoms with Crippen molar-refractivity contribution in [1.29, 1.82) is 0 Å². The van der Waals surface area contributed by atoms with Gasteiger partial charge in [-0.2, -0.15) is 0 Å². The molecular weight excluding hydrogens is 854 g/mol. The van der Waals surface area contributed by atoms with Gasteiger partial charge in [0.1, 0.15) is 0 Å². The summed E-state index contributed by atoms with van der Waals surface area (Å²) in [6.07, 6.45) is 20.7. The van der Waals surface area contributed by atoms with Crippen molar-refractivity contribution in [3.8, 4) is 57.2 Å². The summed E-state index contributed by atoms with van der Waals surface area (Å²) in [5.41, 5.74) is 3.64. The number of aromatic nitrogens is 4. The van der Waals surface area contributed by atoms with Crippen LogP contribution < -0.4 is 18.4 Å². The van der Waals surface area contributed by atoms with Crippen molar-refractivity contribution >= 4 is 35.2 Å². The van der Waals surface area contributed by atoms with E-state index in [2.05, 4.69) is 82.7 Å². The van der Waals surface area contributed by atoms with Crippen LogP contribution in [0.15, 0.2) is 106 Å². The Labute approximate surface area is 356 Å². The molecule has 0 bridgehead atoms. The summed E-state index contributed by atoms with van der Waals surface area (Å²) in [4.78, 5) is 9.35. The second kappa shape index (κ2) is 24.7. The molecule has 0 unspecified atom stereocenters. The average Bonchev–Trinajstić information content (AvgIpc) is 3.97. The Bertz CT molecular complexity index is 1870. The summed E-state index contributed by atoms with van der Waals surface area (Å²) < 4.78 is 25.9. The fraction of sp³-hybridized carbons (Fsp3) is 0.417. The van der Waals surface area contributed by atoms with Gasteiger partial charge >= 0.3 is 228 Å². The van der Waals surface area contributed by atoms with Crippen molar-refractivity contribution in [2.75, 3.05) is 13.2 Å². The van der Waals surface area contributed by atoms with Crippen LogP contribution in [0, 0.1) is 0 Å². The van der Waals surface area contributed by atoms with Gasteiger partial charge < -0.3 is 0 Å². The van der Waals surface area contributed by atoms with E-state index in [1.54, 1.807) is 0 Å². The van der Waals surface area contributed by atoms with Crippen molar-refractivity contribution in [3.05, 3.63) is 97.1 Å². The minimum absolute atomic E-state index is 0.326. The first kappa shape index (κ1) is 43.4. The zero-order valence-corrected chi connectivity index (χ0v) is 37.6. The van der Waals surface area contributed by atoms with E-state index >= 15 is 0 Å². The zero-order valence-electron chi connectivity index (χ0n) is 34.2. The third-order valence-electron chi connectivity index (χ3n) is 10.0. The Morgan fingerprint density at radius 3 is 1.09 bits per heavy atom. The van der Waals surface area contributed by atoms with Gasteiger partial charge in [-0.15, -0.1) is 0 Å². The van der Waals surface area contributed by atoms with Gasteiger partial charge in [0.2, 0.25) is 0 Å². The molecule has 0 amide bonds. The number of unbranched alkanes of at least 4 members (excludes halogenated alkanes) is 14. The second-order valence-electron chi connectivity index (χ2n) is 14.8. The number of hydrogen-bond acceptors (Lipinski definition) is 8. The van der Waals surface area contributed by atoms with Crippen LogP contribution >= 0.6 is 0 Å². The van der Waals surface area contributed by atoms with Gasteiger partial charge in [-0.05, 0) is 12.8 Å². The van der Waals surface area contributed by atoms with E-state index in [-0.39, 0.29) is 0 Å². The Morgan fingerprint density at radius 1 is 0.397 bits per heavy atom. The van der Waals surface area contributed by atoms with E-state index in [9.17, 15) is 0 Å². The van der Waals surface area contributed by atoms with Crippen LogP contribution in [-0.2, 0) is 0 Å². The Kier molecular flexibility index (Phi) is 18.4. The third-order valence-corrected chi connectivity index (χ3v) is 17.3. The predicted octanol–water partition coefficient (Wildman–Crippen LogP) is 11.4. The normalized spacial score (nSPS) is 11.3. The molecule has 0 aliphatic rings. The summed E-state index contributed by atoms with van der Waals surface area (Å²) in [6, 6.07) is 32.9. The zero-order chi connectivity index (χ0) is 40.0. The fourth-order valence-electron chi connectivity index (χ4n) is 6.57. The van der Waals surface area contributed by atoms with Crippen molar-refractivity contribution in [3.63, 3.8) is 0 Å². The summed E-state index contributed by atoms with van der Waals surface area (Å²) >= 11 is 0.652. The van der Waals surface area contributed by atoms with Gasteiger partial charge in [-0.25, -0.2) is 0 Å². The van der Waals surface area contributed by atoms with Gasteiger partial charge in [-0.3, -0.25) is 0 Å². The van der Waals surface area contributed by atoms with E-state index in [0.29, 0.717) is 49.7 Å². The van der Waals surface area contributed by atoms with Gasteiger partial charge in [-0.1, -0.05) is 104 Å². The van der Waals surface area contributed by atoms with Crippen LogP contribution in [0.1, 0.15) is 117 Å². The molecule has 0 aliphatic heterocycles. The molecule has 306 valence electrons. The molecule has 6 rings (SSSR count). The van der Waals surface area contributed by atoms with E-state index in [0.717, 1.165) is 59.8 Å². The molecule has 10 heteroatoms. The molecule has 4 aromatic carbocycles.